The first-order chi connectivity index (χ1) is 9.68. The van der Waals surface area contributed by atoms with Gasteiger partial charge in [0.25, 0.3) is 0 Å². The maximum atomic E-state index is 6.74. The van der Waals surface area contributed by atoms with Crippen molar-refractivity contribution in [2.24, 2.45) is 5.73 Å². The summed E-state index contributed by atoms with van der Waals surface area (Å²) in [5.41, 5.74) is 9.28. The molecule has 0 spiro atoms. The fraction of sp³-hybridized carbons (Fsp3) is 0.556. The highest BCUT2D eigenvalue weighted by Crippen LogP contribution is 2.27. The second-order valence-electron chi connectivity index (χ2n) is 6.11. The van der Waals surface area contributed by atoms with Gasteiger partial charge in [0, 0.05) is 22.6 Å². The molecule has 0 saturated carbocycles. The molecule has 0 aliphatic heterocycles. The lowest BCUT2D eigenvalue weighted by atomic mass is 9.82. The maximum Gasteiger partial charge on any atom is 0.0456 e. The molecule has 1 heterocycles. The lowest BCUT2D eigenvalue weighted by molar-refractivity contribution is 0.342. The van der Waals surface area contributed by atoms with Gasteiger partial charge in [-0.1, -0.05) is 57.7 Å². The van der Waals surface area contributed by atoms with Crippen LogP contribution in [0.1, 0.15) is 57.9 Å². The Kier molecular flexibility index (Phi) is 5.24. The van der Waals surface area contributed by atoms with Gasteiger partial charge >= 0.3 is 0 Å². The van der Waals surface area contributed by atoms with Gasteiger partial charge in [0.1, 0.15) is 0 Å². The van der Waals surface area contributed by atoms with Crippen molar-refractivity contribution in [3.8, 4) is 0 Å². The highest BCUT2D eigenvalue weighted by molar-refractivity contribution is 5.83. The molecule has 20 heavy (non-hydrogen) atoms. The Morgan fingerprint density at radius 1 is 1.05 bits per heavy atom. The van der Waals surface area contributed by atoms with Crippen LogP contribution in [0, 0.1) is 0 Å². The normalized spacial score (nSPS) is 12.2. The zero-order valence-corrected chi connectivity index (χ0v) is 12.9. The van der Waals surface area contributed by atoms with E-state index in [1.54, 1.807) is 0 Å². The van der Waals surface area contributed by atoms with Crippen molar-refractivity contribution in [3.63, 3.8) is 0 Å². The van der Waals surface area contributed by atoms with Gasteiger partial charge in [-0.15, -0.1) is 0 Å². The van der Waals surface area contributed by atoms with Crippen LogP contribution in [0.2, 0.25) is 0 Å². The molecule has 0 fully saturated rings. The first-order valence-corrected chi connectivity index (χ1v) is 8.02. The SMILES string of the molecule is CCCCC(N)(CCCC)Cc1c[nH]c2ccccc12. The number of H-pyrrole nitrogens is 1. The molecular weight excluding hydrogens is 244 g/mol. The largest absolute Gasteiger partial charge is 0.361 e. The van der Waals surface area contributed by atoms with Gasteiger partial charge in [0.05, 0.1) is 0 Å². The molecule has 0 radical (unpaired) electrons. The van der Waals surface area contributed by atoms with E-state index in [4.69, 9.17) is 5.73 Å². The van der Waals surface area contributed by atoms with Crippen molar-refractivity contribution in [1.29, 1.82) is 0 Å². The molecule has 0 bridgehead atoms. The zero-order chi connectivity index (χ0) is 14.4. The number of aromatic amines is 1. The number of benzene rings is 1. The lowest BCUT2D eigenvalue weighted by Gasteiger charge is -2.29. The Morgan fingerprint density at radius 2 is 1.70 bits per heavy atom. The van der Waals surface area contributed by atoms with Crippen LogP contribution in [0.25, 0.3) is 10.9 Å². The first kappa shape index (κ1) is 15.1. The van der Waals surface area contributed by atoms with Crippen molar-refractivity contribution in [2.45, 2.75) is 64.3 Å². The van der Waals surface area contributed by atoms with Gasteiger partial charge in [-0.05, 0) is 30.9 Å². The molecular formula is C18H28N2. The van der Waals surface area contributed by atoms with Crippen molar-refractivity contribution in [3.05, 3.63) is 36.0 Å². The summed E-state index contributed by atoms with van der Waals surface area (Å²) in [6.45, 7) is 4.48. The van der Waals surface area contributed by atoms with E-state index in [1.807, 2.05) is 0 Å². The third-order valence-electron chi connectivity index (χ3n) is 4.27. The second kappa shape index (κ2) is 6.94. The molecule has 0 unspecified atom stereocenters. The predicted molar refractivity (Wildman–Crippen MR) is 88.0 cm³/mol. The quantitative estimate of drug-likeness (QED) is 0.713. The fourth-order valence-corrected chi connectivity index (χ4v) is 3.02. The molecule has 1 aromatic carbocycles. The first-order valence-electron chi connectivity index (χ1n) is 8.02. The predicted octanol–water partition coefficient (Wildman–Crippen LogP) is 4.79. The molecule has 2 heteroatoms. The molecule has 0 atom stereocenters. The van der Waals surface area contributed by atoms with Gasteiger partial charge in [-0.3, -0.25) is 0 Å². The molecule has 110 valence electrons. The number of hydrogen-bond donors (Lipinski definition) is 2. The summed E-state index contributed by atoms with van der Waals surface area (Å²) in [5.74, 6) is 0. The second-order valence-corrected chi connectivity index (χ2v) is 6.11. The van der Waals surface area contributed by atoms with Gasteiger partial charge in [-0.2, -0.15) is 0 Å². The number of hydrogen-bond acceptors (Lipinski definition) is 1. The summed E-state index contributed by atoms with van der Waals surface area (Å²) in [4.78, 5) is 3.37. The monoisotopic (exact) mass is 272 g/mol. The van der Waals surface area contributed by atoms with Gasteiger partial charge in [0.15, 0.2) is 0 Å². The van der Waals surface area contributed by atoms with Gasteiger partial charge in [-0.25, -0.2) is 0 Å². The molecule has 0 aliphatic carbocycles. The van der Waals surface area contributed by atoms with E-state index >= 15 is 0 Å². The molecule has 1 aromatic heterocycles. The van der Waals surface area contributed by atoms with Crippen LogP contribution in [0.15, 0.2) is 30.5 Å². The molecule has 2 aromatic rings. The minimum Gasteiger partial charge on any atom is -0.361 e. The summed E-state index contributed by atoms with van der Waals surface area (Å²) >= 11 is 0. The summed E-state index contributed by atoms with van der Waals surface area (Å²) < 4.78 is 0. The Labute approximate surface area is 122 Å². The molecule has 0 aliphatic rings. The number of rotatable bonds is 8. The van der Waals surface area contributed by atoms with Crippen molar-refractivity contribution >= 4 is 10.9 Å². The van der Waals surface area contributed by atoms with Crippen molar-refractivity contribution < 1.29 is 0 Å². The number of nitrogens with one attached hydrogen (secondary N) is 1. The summed E-state index contributed by atoms with van der Waals surface area (Å²) in [7, 11) is 0. The fourth-order valence-electron chi connectivity index (χ4n) is 3.02. The van der Waals surface area contributed by atoms with E-state index < -0.39 is 0 Å². The molecule has 0 amide bonds. The molecule has 0 saturated heterocycles. The van der Waals surface area contributed by atoms with Crippen molar-refractivity contribution in [1.82, 2.24) is 4.98 Å². The maximum absolute atomic E-state index is 6.74. The standard InChI is InChI=1S/C18H28N2/c1-3-5-11-18(19,12-6-4-2)13-15-14-20-17-10-8-7-9-16(15)17/h7-10,14,20H,3-6,11-13,19H2,1-2H3. The average molecular weight is 272 g/mol. The third kappa shape index (κ3) is 3.63. The number of para-hydroxylation sites is 1. The van der Waals surface area contributed by atoms with Crippen LogP contribution in [0.4, 0.5) is 0 Å². The van der Waals surface area contributed by atoms with E-state index in [0.717, 1.165) is 19.3 Å². The smallest absolute Gasteiger partial charge is 0.0456 e. The van der Waals surface area contributed by atoms with Gasteiger partial charge < -0.3 is 10.7 Å². The van der Waals surface area contributed by atoms with Crippen molar-refractivity contribution in [2.75, 3.05) is 0 Å². The number of nitrogens with two attached hydrogens (primary N) is 1. The minimum atomic E-state index is -0.0447. The Bertz CT molecular complexity index is 519. The van der Waals surface area contributed by atoms with Crippen LogP contribution in [0.5, 0.6) is 0 Å². The van der Waals surface area contributed by atoms with E-state index in [9.17, 15) is 0 Å². The Morgan fingerprint density at radius 3 is 2.35 bits per heavy atom. The van der Waals surface area contributed by atoms with E-state index in [-0.39, 0.29) is 5.54 Å². The van der Waals surface area contributed by atoms with Crippen LogP contribution in [-0.2, 0) is 6.42 Å². The molecule has 2 rings (SSSR count). The third-order valence-corrected chi connectivity index (χ3v) is 4.27. The molecule has 2 nitrogen and oxygen atoms in total. The Hall–Kier alpha value is -1.28. The summed E-state index contributed by atoms with van der Waals surface area (Å²) in [6.07, 6.45) is 10.3. The van der Waals surface area contributed by atoms with E-state index in [0.29, 0.717) is 0 Å². The Balaban J connectivity index is 2.17. The number of aromatic nitrogens is 1. The number of unbranched alkanes of at least 4 members (excludes halogenated alkanes) is 2. The van der Waals surface area contributed by atoms with Crippen LogP contribution >= 0.6 is 0 Å². The minimum absolute atomic E-state index is 0.0447. The summed E-state index contributed by atoms with van der Waals surface area (Å²) in [6, 6.07) is 8.51. The van der Waals surface area contributed by atoms with Crippen LogP contribution < -0.4 is 5.73 Å². The molecule has 3 N–H and O–H groups in total. The average Bonchev–Trinajstić information content (AvgIpc) is 2.86. The van der Waals surface area contributed by atoms with Gasteiger partial charge in [0.2, 0.25) is 0 Å². The van der Waals surface area contributed by atoms with Crippen LogP contribution in [-0.4, -0.2) is 10.5 Å². The number of fused-ring (bicyclic) bond motifs is 1. The highest BCUT2D eigenvalue weighted by atomic mass is 14.7. The summed E-state index contributed by atoms with van der Waals surface area (Å²) in [5, 5.41) is 1.33. The highest BCUT2D eigenvalue weighted by Gasteiger charge is 2.25. The zero-order valence-electron chi connectivity index (χ0n) is 12.9. The lowest BCUT2D eigenvalue weighted by Crippen LogP contribution is -2.42. The topological polar surface area (TPSA) is 41.8 Å². The van der Waals surface area contributed by atoms with E-state index in [1.165, 1.54) is 42.1 Å². The van der Waals surface area contributed by atoms with E-state index in [2.05, 4.69) is 49.3 Å². The van der Waals surface area contributed by atoms with Crippen LogP contribution in [0.3, 0.4) is 0 Å².